The summed E-state index contributed by atoms with van der Waals surface area (Å²) in [5, 5.41) is 10.4. The van der Waals surface area contributed by atoms with Gasteiger partial charge in [0.1, 0.15) is 5.56 Å². The number of aromatic nitrogens is 4. The zero-order chi connectivity index (χ0) is 28.8. The van der Waals surface area contributed by atoms with E-state index in [1.54, 1.807) is 24.3 Å². The number of hydrogen-bond donors (Lipinski definition) is 3. The second-order valence-electron chi connectivity index (χ2n) is 9.99. The van der Waals surface area contributed by atoms with Gasteiger partial charge in [-0.3, -0.25) is 0 Å². The first-order valence-electron chi connectivity index (χ1n) is 13.3. The van der Waals surface area contributed by atoms with Crippen molar-refractivity contribution in [2.24, 2.45) is 0 Å². The third kappa shape index (κ3) is 4.42. The number of fused-ring (bicyclic) bond motifs is 8. The third-order valence-corrected chi connectivity index (χ3v) is 7.43. The molecule has 5 heterocycles. The number of alkyl halides is 3. The predicted octanol–water partition coefficient (Wildman–Crippen LogP) is 8.50. The lowest BCUT2D eigenvalue weighted by Crippen LogP contribution is -2.06. The van der Waals surface area contributed by atoms with E-state index in [1.807, 2.05) is 72.8 Å². The molecule has 42 heavy (non-hydrogen) atoms. The Morgan fingerprint density at radius 1 is 0.548 bits per heavy atom. The molecule has 7 rings (SSSR count). The van der Waals surface area contributed by atoms with Crippen LogP contribution in [0.4, 0.5) is 13.2 Å². The number of nitrogens with one attached hydrogen (secondary N) is 2. The number of benzene rings is 2. The Labute approximate surface area is 238 Å². The summed E-state index contributed by atoms with van der Waals surface area (Å²) in [6, 6.07) is 24.9. The number of hydrogen-bond acceptors (Lipinski definition) is 3. The summed E-state index contributed by atoms with van der Waals surface area (Å²) < 4.78 is 44.1. The van der Waals surface area contributed by atoms with E-state index in [4.69, 9.17) is 9.97 Å². The summed E-state index contributed by atoms with van der Waals surface area (Å²) >= 11 is 0. The SMILES string of the molecule is OCc1c2nc(c(-c3ccccc3)c3ccc([nH]3)c(C(F)(F)F)c3ccc([nH]3)c(-c3ccccc3)c3nc1C=C3)C=C2. The van der Waals surface area contributed by atoms with E-state index in [1.165, 1.54) is 12.1 Å². The molecule has 0 atom stereocenters. The van der Waals surface area contributed by atoms with Gasteiger partial charge in [-0.2, -0.15) is 13.2 Å². The van der Waals surface area contributed by atoms with Gasteiger partial charge in [0.25, 0.3) is 0 Å². The summed E-state index contributed by atoms with van der Waals surface area (Å²) in [6.45, 7) is -0.294. The van der Waals surface area contributed by atoms with Gasteiger partial charge in [0.2, 0.25) is 0 Å². The largest absolute Gasteiger partial charge is 0.420 e. The van der Waals surface area contributed by atoms with Crippen LogP contribution in [0.3, 0.4) is 0 Å². The van der Waals surface area contributed by atoms with Gasteiger partial charge in [0, 0.05) is 27.7 Å². The summed E-state index contributed by atoms with van der Waals surface area (Å²) in [6.07, 6.45) is 2.56. The molecule has 8 bridgehead atoms. The fourth-order valence-corrected chi connectivity index (χ4v) is 5.55. The molecule has 2 aliphatic heterocycles. The summed E-state index contributed by atoms with van der Waals surface area (Å²) in [5.74, 6) is 0. The molecule has 3 aromatic heterocycles. The molecular formula is C34H23F3N4O. The molecule has 0 saturated carbocycles. The van der Waals surface area contributed by atoms with Crippen molar-refractivity contribution < 1.29 is 18.3 Å². The van der Waals surface area contributed by atoms with E-state index in [0.29, 0.717) is 50.5 Å². The van der Waals surface area contributed by atoms with Crippen molar-refractivity contribution in [3.05, 3.63) is 119 Å². The zero-order valence-corrected chi connectivity index (χ0v) is 22.1. The van der Waals surface area contributed by atoms with Crippen LogP contribution in [0.5, 0.6) is 0 Å². The van der Waals surface area contributed by atoms with E-state index in [-0.39, 0.29) is 17.6 Å². The van der Waals surface area contributed by atoms with Crippen molar-refractivity contribution in [3.8, 4) is 22.3 Å². The van der Waals surface area contributed by atoms with Crippen molar-refractivity contribution in [1.82, 2.24) is 19.9 Å². The van der Waals surface area contributed by atoms with Crippen LogP contribution in [0.15, 0.2) is 84.9 Å². The predicted molar refractivity (Wildman–Crippen MR) is 161 cm³/mol. The maximum atomic E-state index is 14.7. The van der Waals surface area contributed by atoms with Crippen molar-refractivity contribution in [1.29, 1.82) is 0 Å². The average molecular weight is 561 g/mol. The Kier molecular flexibility index (Phi) is 6.13. The third-order valence-electron chi connectivity index (χ3n) is 7.43. The van der Waals surface area contributed by atoms with E-state index < -0.39 is 11.7 Å². The van der Waals surface area contributed by atoms with Crippen molar-refractivity contribution in [3.63, 3.8) is 0 Å². The summed E-state index contributed by atoms with van der Waals surface area (Å²) in [5.41, 5.74) is 5.60. The number of rotatable bonds is 3. The van der Waals surface area contributed by atoms with Crippen LogP contribution >= 0.6 is 0 Å². The minimum absolute atomic E-state index is 0.0733. The minimum atomic E-state index is -4.65. The molecule has 0 unspecified atom stereocenters. The maximum absolute atomic E-state index is 14.7. The minimum Gasteiger partial charge on any atom is -0.392 e. The van der Waals surface area contributed by atoms with Gasteiger partial charge in [-0.25, -0.2) is 9.97 Å². The molecule has 3 N–H and O–H groups in total. The van der Waals surface area contributed by atoms with Crippen LogP contribution in [0, 0.1) is 0 Å². The molecule has 0 amide bonds. The molecule has 0 aliphatic carbocycles. The highest BCUT2D eigenvalue weighted by Crippen LogP contribution is 2.38. The molecule has 5 nitrogen and oxygen atoms in total. The quantitative estimate of drug-likeness (QED) is 0.203. The van der Waals surface area contributed by atoms with Crippen LogP contribution in [0.25, 0.3) is 68.6 Å². The van der Waals surface area contributed by atoms with Gasteiger partial charge in [0.05, 0.1) is 40.4 Å². The van der Waals surface area contributed by atoms with E-state index in [0.717, 1.165) is 11.1 Å². The molecule has 5 aromatic rings. The first-order valence-corrected chi connectivity index (χ1v) is 13.3. The lowest BCUT2D eigenvalue weighted by atomic mass is 10.0. The lowest BCUT2D eigenvalue weighted by molar-refractivity contribution is -0.135. The summed E-state index contributed by atoms with van der Waals surface area (Å²) in [7, 11) is 0. The van der Waals surface area contributed by atoms with Crippen LogP contribution in [0.2, 0.25) is 0 Å². The highest BCUT2D eigenvalue weighted by Gasteiger charge is 2.34. The number of aliphatic hydroxyl groups excluding tert-OH is 1. The van der Waals surface area contributed by atoms with Gasteiger partial charge in [-0.1, -0.05) is 60.7 Å². The smallest absolute Gasteiger partial charge is 0.392 e. The van der Waals surface area contributed by atoms with Gasteiger partial charge in [-0.15, -0.1) is 0 Å². The Morgan fingerprint density at radius 3 is 1.36 bits per heavy atom. The fourth-order valence-electron chi connectivity index (χ4n) is 5.55. The number of aliphatic hydroxyl groups is 1. The van der Waals surface area contributed by atoms with Crippen molar-refractivity contribution in [2.45, 2.75) is 12.8 Å². The second-order valence-corrected chi connectivity index (χ2v) is 9.99. The summed E-state index contributed by atoms with van der Waals surface area (Å²) in [4.78, 5) is 15.7. The molecule has 0 fully saturated rings. The van der Waals surface area contributed by atoms with E-state index in [2.05, 4.69) is 9.97 Å². The van der Waals surface area contributed by atoms with Crippen molar-refractivity contribution >= 4 is 46.4 Å². The Hall–Kier alpha value is -5.21. The van der Waals surface area contributed by atoms with Crippen LogP contribution in [-0.4, -0.2) is 25.0 Å². The van der Waals surface area contributed by atoms with Gasteiger partial charge < -0.3 is 15.1 Å². The van der Waals surface area contributed by atoms with E-state index >= 15 is 0 Å². The van der Waals surface area contributed by atoms with Crippen LogP contribution < -0.4 is 0 Å². The first-order chi connectivity index (χ1) is 20.4. The van der Waals surface area contributed by atoms with Crippen molar-refractivity contribution in [2.75, 3.05) is 0 Å². The van der Waals surface area contributed by atoms with Gasteiger partial charge in [0.15, 0.2) is 0 Å². The van der Waals surface area contributed by atoms with Gasteiger partial charge >= 0.3 is 6.18 Å². The molecule has 0 radical (unpaired) electrons. The molecule has 8 heteroatoms. The Balaban J connectivity index is 1.69. The molecule has 0 saturated heterocycles. The topological polar surface area (TPSA) is 77.6 Å². The lowest BCUT2D eigenvalue weighted by Gasteiger charge is -2.08. The average Bonchev–Trinajstić information content (AvgIpc) is 3.80. The maximum Gasteiger partial charge on any atom is 0.420 e. The van der Waals surface area contributed by atoms with Gasteiger partial charge in [-0.05, 0) is 59.7 Å². The first kappa shape index (κ1) is 25.7. The molecule has 2 aliphatic rings. The fraction of sp³-hybridized carbons (Fsp3) is 0.0588. The van der Waals surface area contributed by atoms with E-state index in [9.17, 15) is 18.3 Å². The van der Waals surface area contributed by atoms with Crippen LogP contribution in [-0.2, 0) is 12.8 Å². The zero-order valence-electron chi connectivity index (χ0n) is 22.1. The monoisotopic (exact) mass is 560 g/mol. The number of aromatic amines is 2. The van der Waals surface area contributed by atoms with Crippen LogP contribution in [0.1, 0.15) is 33.9 Å². The second kappa shape index (κ2) is 10.0. The highest BCUT2D eigenvalue weighted by molar-refractivity contribution is 5.94. The normalized spacial score (nSPS) is 12.7. The molecule has 206 valence electrons. The highest BCUT2D eigenvalue weighted by atomic mass is 19.4. The molecule has 2 aromatic carbocycles. The number of halogens is 3. The standard InChI is InChI=1S/C34H23F3N4O/c35-34(36,37)33-29-17-15-27(40-29)31(20-7-3-1-4-8-20)25-13-11-23(38-25)22(19-42)24-12-14-26(39-24)32(21-9-5-2-6-10-21)28-16-18-30(33)41-28/h1-18,40-42H,19H2. The number of nitrogens with zero attached hydrogens (tertiary/aromatic N) is 2. The Morgan fingerprint density at radius 2 is 0.952 bits per heavy atom. The Bertz CT molecular complexity index is 1920. The number of H-pyrrole nitrogens is 2. The molecular weight excluding hydrogens is 537 g/mol. The molecule has 0 spiro atoms.